The molecule has 0 fully saturated rings. The van der Waals surface area contributed by atoms with Crippen molar-refractivity contribution in [3.05, 3.63) is 23.2 Å². The van der Waals surface area contributed by atoms with Gasteiger partial charge >= 0.3 is 0 Å². The summed E-state index contributed by atoms with van der Waals surface area (Å²) in [4.78, 5) is 0.154. The lowest BCUT2D eigenvalue weighted by molar-refractivity contribution is 0.602. The van der Waals surface area contributed by atoms with Crippen molar-refractivity contribution in [2.24, 2.45) is 5.73 Å². The fraction of sp³-hybridized carbons (Fsp3) is 0.125. The van der Waals surface area contributed by atoms with Gasteiger partial charge in [0.15, 0.2) is 14.9 Å². The SMILES string of the molecule is CS(=O)(=O)c1ccc(NC(N)=S)c(Cl)c1. The van der Waals surface area contributed by atoms with E-state index >= 15 is 0 Å². The second kappa shape index (κ2) is 4.34. The van der Waals surface area contributed by atoms with Gasteiger partial charge in [0.25, 0.3) is 0 Å². The van der Waals surface area contributed by atoms with Crippen LogP contribution in [0, 0.1) is 0 Å². The summed E-state index contributed by atoms with van der Waals surface area (Å²) in [5, 5.41) is 2.96. The number of anilines is 1. The standard InChI is InChI=1S/C8H9ClN2O2S2/c1-15(12,13)5-2-3-7(6(9)4-5)11-8(10)14/h2-4H,1H3,(H3,10,11,14). The predicted octanol–water partition coefficient (Wildman–Crippen LogP) is 1.40. The number of hydrogen-bond acceptors (Lipinski definition) is 3. The molecular weight excluding hydrogens is 256 g/mol. The van der Waals surface area contributed by atoms with E-state index in [1.807, 2.05) is 0 Å². The van der Waals surface area contributed by atoms with Crippen LogP contribution >= 0.6 is 23.8 Å². The van der Waals surface area contributed by atoms with Crippen LogP contribution in [-0.2, 0) is 9.84 Å². The first-order valence-corrected chi connectivity index (χ1v) is 6.54. The molecule has 0 atom stereocenters. The van der Waals surface area contributed by atoms with Gasteiger partial charge in [-0.2, -0.15) is 0 Å². The van der Waals surface area contributed by atoms with Crippen molar-refractivity contribution in [3.8, 4) is 0 Å². The van der Waals surface area contributed by atoms with E-state index in [-0.39, 0.29) is 15.0 Å². The van der Waals surface area contributed by atoms with Gasteiger partial charge in [0, 0.05) is 6.26 Å². The molecule has 0 aliphatic heterocycles. The summed E-state index contributed by atoms with van der Waals surface area (Å²) >= 11 is 10.5. The number of rotatable bonds is 2. The van der Waals surface area contributed by atoms with E-state index in [0.717, 1.165) is 6.26 Å². The molecule has 3 N–H and O–H groups in total. The first-order valence-electron chi connectivity index (χ1n) is 3.87. The summed E-state index contributed by atoms with van der Waals surface area (Å²) in [6.45, 7) is 0. The minimum Gasteiger partial charge on any atom is -0.376 e. The van der Waals surface area contributed by atoms with Crippen LogP contribution in [0.2, 0.25) is 5.02 Å². The van der Waals surface area contributed by atoms with E-state index in [4.69, 9.17) is 17.3 Å². The van der Waals surface area contributed by atoms with Crippen LogP contribution in [0.3, 0.4) is 0 Å². The second-order valence-corrected chi connectivity index (χ2v) is 5.77. The Bertz CT molecular complexity index is 499. The van der Waals surface area contributed by atoms with Gasteiger partial charge in [-0.25, -0.2) is 8.42 Å². The van der Waals surface area contributed by atoms with Gasteiger partial charge in [-0.1, -0.05) is 11.6 Å². The molecule has 0 aliphatic rings. The highest BCUT2D eigenvalue weighted by Gasteiger charge is 2.09. The van der Waals surface area contributed by atoms with Crippen LogP contribution in [-0.4, -0.2) is 19.8 Å². The minimum absolute atomic E-state index is 0.0732. The Morgan fingerprint density at radius 3 is 2.53 bits per heavy atom. The highest BCUT2D eigenvalue weighted by atomic mass is 35.5. The molecule has 0 aromatic heterocycles. The summed E-state index contributed by atoms with van der Waals surface area (Å²) in [5.41, 5.74) is 5.74. The predicted molar refractivity (Wildman–Crippen MR) is 65.0 cm³/mol. The Labute approximate surface area is 98.3 Å². The molecule has 1 rings (SSSR count). The lowest BCUT2D eigenvalue weighted by Crippen LogP contribution is -2.19. The Hall–Kier alpha value is -0.850. The van der Waals surface area contributed by atoms with E-state index < -0.39 is 9.84 Å². The molecule has 82 valence electrons. The third kappa shape index (κ3) is 3.33. The van der Waals surface area contributed by atoms with Crippen molar-refractivity contribution in [1.29, 1.82) is 0 Å². The zero-order valence-corrected chi connectivity index (χ0v) is 10.2. The van der Waals surface area contributed by atoms with Crippen LogP contribution in [0.5, 0.6) is 0 Å². The summed E-state index contributed by atoms with van der Waals surface area (Å²) in [6, 6.07) is 4.29. The first-order chi connectivity index (χ1) is 6.80. The number of sulfone groups is 1. The average molecular weight is 265 g/mol. The van der Waals surface area contributed by atoms with Gasteiger partial charge in [-0.15, -0.1) is 0 Å². The number of benzene rings is 1. The van der Waals surface area contributed by atoms with Crippen LogP contribution < -0.4 is 11.1 Å². The second-order valence-electron chi connectivity index (χ2n) is 2.90. The van der Waals surface area contributed by atoms with Gasteiger partial charge in [0.1, 0.15) is 0 Å². The molecule has 4 nitrogen and oxygen atoms in total. The van der Waals surface area contributed by atoms with Crippen molar-refractivity contribution in [3.63, 3.8) is 0 Å². The third-order valence-electron chi connectivity index (χ3n) is 1.63. The molecule has 0 radical (unpaired) electrons. The van der Waals surface area contributed by atoms with E-state index in [1.54, 1.807) is 0 Å². The Morgan fingerprint density at radius 1 is 1.53 bits per heavy atom. The van der Waals surface area contributed by atoms with Gasteiger partial charge < -0.3 is 11.1 Å². The Balaban J connectivity index is 3.15. The van der Waals surface area contributed by atoms with Gasteiger partial charge in [-0.3, -0.25) is 0 Å². The Kier molecular flexibility index (Phi) is 3.54. The van der Waals surface area contributed by atoms with Crippen LogP contribution in [0.1, 0.15) is 0 Å². The number of halogens is 1. The fourth-order valence-electron chi connectivity index (χ4n) is 0.961. The van der Waals surface area contributed by atoms with Crippen LogP contribution in [0.15, 0.2) is 23.1 Å². The van der Waals surface area contributed by atoms with Crippen LogP contribution in [0.25, 0.3) is 0 Å². The van der Waals surface area contributed by atoms with Gasteiger partial charge in [0.05, 0.1) is 15.6 Å². The highest BCUT2D eigenvalue weighted by molar-refractivity contribution is 7.90. The maximum atomic E-state index is 11.2. The Morgan fingerprint density at radius 2 is 2.13 bits per heavy atom. The van der Waals surface area contributed by atoms with Crippen molar-refractivity contribution < 1.29 is 8.42 Å². The smallest absolute Gasteiger partial charge is 0.175 e. The summed E-state index contributed by atoms with van der Waals surface area (Å²) in [6.07, 6.45) is 1.11. The monoisotopic (exact) mass is 264 g/mol. The molecule has 0 saturated heterocycles. The molecule has 15 heavy (non-hydrogen) atoms. The molecule has 0 heterocycles. The van der Waals surface area contributed by atoms with Crippen molar-refractivity contribution in [2.45, 2.75) is 4.90 Å². The summed E-state index contributed by atoms with van der Waals surface area (Å²) < 4.78 is 22.4. The minimum atomic E-state index is -3.25. The molecule has 0 amide bonds. The molecule has 1 aromatic carbocycles. The third-order valence-corrected chi connectivity index (χ3v) is 3.15. The lowest BCUT2D eigenvalue weighted by Gasteiger charge is -2.07. The summed E-state index contributed by atoms with van der Waals surface area (Å²) in [5.74, 6) is 0. The number of nitrogens with one attached hydrogen (secondary N) is 1. The first kappa shape index (κ1) is 12.2. The molecule has 7 heteroatoms. The maximum Gasteiger partial charge on any atom is 0.175 e. The number of thiocarbonyl (C=S) groups is 1. The molecule has 0 saturated carbocycles. The molecule has 1 aromatic rings. The zero-order chi connectivity index (χ0) is 11.6. The molecule has 0 spiro atoms. The number of hydrogen-bond donors (Lipinski definition) is 2. The molecule has 0 bridgehead atoms. The van der Waals surface area contributed by atoms with Gasteiger partial charge in [0.2, 0.25) is 0 Å². The lowest BCUT2D eigenvalue weighted by atomic mass is 10.3. The van der Waals surface area contributed by atoms with E-state index in [9.17, 15) is 8.42 Å². The molecule has 0 unspecified atom stereocenters. The molecular formula is C8H9ClN2O2S2. The van der Waals surface area contributed by atoms with Crippen LogP contribution in [0.4, 0.5) is 5.69 Å². The van der Waals surface area contributed by atoms with Crippen molar-refractivity contribution >= 4 is 44.5 Å². The zero-order valence-electron chi connectivity index (χ0n) is 7.82. The van der Waals surface area contributed by atoms with E-state index in [0.29, 0.717) is 5.69 Å². The molecule has 0 aliphatic carbocycles. The average Bonchev–Trinajstić information content (AvgIpc) is 2.05. The number of nitrogens with two attached hydrogens (primary N) is 1. The fourth-order valence-corrected chi connectivity index (χ4v) is 2.01. The summed E-state index contributed by atoms with van der Waals surface area (Å²) in [7, 11) is -3.25. The normalized spacial score (nSPS) is 11.1. The van der Waals surface area contributed by atoms with Gasteiger partial charge in [-0.05, 0) is 30.4 Å². The largest absolute Gasteiger partial charge is 0.376 e. The van der Waals surface area contributed by atoms with E-state index in [2.05, 4.69) is 17.5 Å². The highest BCUT2D eigenvalue weighted by Crippen LogP contribution is 2.24. The maximum absolute atomic E-state index is 11.2. The topological polar surface area (TPSA) is 72.2 Å². The van der Waals surface area contributed by atoms with Crippen molar-refractivity contribution in [2.75, 3.05) is 11.6 Å². The van der Waals surface area contributed by atoms with E-state index in [1.165, 1.54) is 18.2 Å². The van der Waals surface area contributed by atoms with Crippen molar-refractivity contribution in [1.82, 2.24) is 0 Å². The quantitative estimate of drug-likeness (QED) is 0.790.